The number of carboxylic acids is 2. The number of hydrogen-bond acceptors (Lipinski definition) is 6. The highest BCUT2D eigenvalue weighted by atomic mass is 35.5. The number of carbonyl (C=O) groups excluding carboxylic acids is 4. The molecular formula is C22H28ClN3O8. The van der Waals surface area contributed by atoms with Crippen molar-refractivity contribution in [1.29, 1.82) is 0 Å². The van der Waals surface area contributed by atoms with Crippen molar-refractivity contribution in [3.05, 3.63) is 29.3 Å². The fourth-order valence-electron chi connectivity index (χ4n) is 2.98. The van der Waals surface area contributed by atoms with E-state index in [9.17, 15) is 28.8 Å². The summed E-state index contributed by atoms with van der Waals surface area (Å²) in [6.07, 6.45) is -1.03. The van der Waals surface area contributed by atoms with Crippen LogP contribution in [0, 0.1) is 11.8 Å². The van der Waals surface area contributed by atoms with Crippen LogP contribution in [0.5, 0.6) is 0 Å². The van der Waals surface area contributed by atoms with Crippen molar-refractivity contribution in [3.63, 3.8) is 0 Å². The molecule has 3 amide bonds. The molecule has 1 aromatic rings. The molecule has 3 atom stereocenters. The van der Waals surface area contributed by atoms with Crippen LogP contribution in [0.2, 0.25) is 5.02 Å². The molecule has 0 spiro atoms. The maximum atomic E-state index is 12.9. The number of halogens is 1. The summed E-state index contributed by atoms with van der Waals surface area (Å²) >= 11 is 5.82. The number of anilines is 1. The summed E-state index contributed by atoms with van der Waals surface area (Å²) < 4.78 is 0. The Hall–Kier alpha value is -3.47. The largest absolute Gasteiger partial charge is 0.481 e. The van der Waals surface area contributed by atoms with Gasteiger partial charge in [-0.05, 0) is 43.0 Å². The Morgan fingerprint density at radius 3 is 2.03 bits per heavy atom. The quantitative estimate of drug-likeness (QED) is 0.189. The first-order chi connectivity index (χ1) is 15.9. The summed E-state index contributed by atoms with van der Waals surface area (Å²) in [6, 6.07) is 3.50. The monoisotopic (exact) mass is 497 g/mol. The molecule has 0 aliphatic rings. The van der Waals surface area contributed by atoms with Crippen LogP contribution in [-0.2, 0) is 28.8 Å². The van der Waals surface area contributed by atoms with E-state index in [0.29, 0.717) is 10.7 Å². The standard InChI is InChI=1S/C22H28ClN3O8/c1-12(2)9-16(20(32)25-15(11-27)10-19(30)31)21(33)26-17(7-8-18(28)29)22(34)24-14-5-3-13(23)4-6-14/h3-6,11-12,15-17H,7-10H2,1-2H3,(H,24,34)(H,25,32)(H,26,33)(H,28,29)(H,30,31). The number of benzene rings is 1. The minimum absolute atomic E-state index is 0.0424. The summed E-state index contributed by atoms with van der Waals surface area (Å²) in [5.41, 5.74) is 0.364. The molecule has 0 aliphatic carbocycles. The molecule has 0 aromatic heterocycles. The van der Waals surface area contributed by atoms with Gasteiger partial charge in [0.05, 0.1) is 12.5 Å². The van der Waals surface area contributed by atoms with Crippen molar-refractivity contribution in [2.75, 3.05) is 5.32 Å². The molecule has 0 fully saturated rings. The number of rotatable bonds is 14. The number of aldehydes is 1. The molecule has 34 heavy (non-hydrogen) atoms. The summed E-state index contributed by atoms with van der Waals surface area (Å²) in [6.45, 7) is 3.49. The van der Waals surface area contributed by atoms with E-state index < -0.39 is 60.5 Å². The van der Waals surface area contributed by atoms with Crippen LogP contribution in [0.4, 0.5) is 5.69 Å². The second kappa shape index (κ2) is 13.9. The van der Waals surface area contributed by atoms with Crippen LogP contribution in [0.25, 0.3) is 0 Å². The average molecular weight is 498 g/mol. The van der Waals surface area contributed by atoms with E-state index in [1.807, 2.05) is 0 Å². The Bertz CT molecular complexity index is 904. The van der Waals surface area contributed by atoms with E-state index >= 15 is 0 Å². The number of aliphatic carboxylic acids is 2. The predicted octanol–water partition coefficient (Wildman–Crippen LogP) is 1.45. The van der Waals surface area contributed by atoms with Crippen molar-refractivity contribution < 1.29 is 39.0 Å². The van der Waals surface area contributed by atoms with Gasteiger partial charge in [-0.3, -0.25) is 24.0 Å². The number of hydrogen-bond donors (Lipinski definition) is 5. The highest BCUT2D eigenvalue weighted by molar-refractivity contribution is 6.30. The minimum Gasteiger partial charge on any atom is -0.481 e. The lowest BCUT2D eigenvalue weighted by atomic mass is 9.94. The van der Waals surface area contributed by atoms with Crippen molar-refractivity contribution in [2.45, 2.75) is 51.6 Å². The zero-order valence-electron chi connectivity index (χ0n) is 18.7. The van der Waals surface area contributed by atoms with E-state index in [4.69, 9.17) is 21.8 Å². The number of nitrogens with one attached hydrogen (secondary N) is 3. The van der Waals surface area contributed by atoms with Gasteiger partial charge in [0, 0.05) is 17.1 Å². The Morgan fingerprint density at radius 1 is 0.941 bits per heavy atom. The fourth-order valence-corrected chi connectivity index (χ4v) is 3.11. The van der Waals surface area contributed by atoms with E-state index in [0.717, 1.165) is 0 Å². The Kier molecular flexibility index (Phi) is 11.7. The van der Waals surface area contributed by atoms with Gasteiger partial charge < -0.3 is 31.0 Å². The molecule has 186 valence electrons. The molecular weight excluding hydrogens is 470 g/mol. The first-order valence-corrected chi connectivity index (χ1v) is 10.9. The maximum absolute atomic E-state index is 12.9. The van der Waals surface area contributed by atoms with Crippen LogP contribution in [0.3, 0.4) is 0 Å². The molecule has 11 nitrogen and oxygen atoms in total. The van der Waals surface area contributed by atoms with Crippen LogP contribution in [0.1, 0.15) is 39.5 Å². The number of carbonyl (C=O) groups is 6. The lowest BCUT2D eigenvalue weighted by Crippen LogP contribution is -2.51. The van der Waals surface area contributed by atoms with Gasteiger partial charge in [0.2, 0.25) is 17.7 Å². The molecule has 3 unspecified atom stereocenters. The molecule has 0 aliphatic heterocycles. The third kappa shape index (κ3) is 10.4. The molecule has 1 aromatic carbocycles. The molecule has 1 rings (SSSR count). The molecule has 0 saturated carbocycles. The number of amides is 3. The smallest absolute Gasteiger partial charge is 0.305 e. The maximum Gasteiger partial charge on any atom is 0.305 e. The van der Waals surface area contributed by atoms with Gasteiger partial charge in [-0.15, -0.1) is 0 Å². The van der Waals surface area contributed by atoms with Crippen LogP contribution >= 0.6 is 11.6 Å². The van der Waals surface area contributed by atoms with Crippen molar-refractivity contribution >= 4 is 53.2 Å². The molecule has 5 N–H and O–H groups in total. The lowest BCUT2D eigenvalue weighted by molar-refractivity contribution is -0.141. The highest BCUT2D eigenvalue weighted by Gasteiger charge is 2.32. The summed E-state index contributed by atoms with van der Waals surface area (Å²) in [7, 11) is 0. The van der Waals surface area contributed by atoms with Crippen LogP contribution in [0.15, 0.2) is 24.3 Å². The SMILES string of the molecule is CC(C)CC(C(=O)NC(C=O)CC(=O)O)C(=O)NC(CCC(=O)O)C(=O)Nc1ccc(Cl)cc1. The molecule has 0 bridgehead atoms. The van der Waals surface area contributed by atoms with Gasteiger partial charge in [-0.2, -0.15) is 0 Å². The van der Waals surface area contributed by atoms with Gasteiger partial charge in [0.25, 0.3) is 0 Å². The summed E-state index contributed by atoms with van der Waals surface area (Å²) in [5, 5.41) is 25.5. The lowest BCUT2D eigenvalue weighted by Gasteiger charge is -2.23. The van der Waals surface area contributed by atoms with Crippen molar-refractivity contribution in [1.82, 2.24) is 10.6 Å². The van der Waals surface area contributed by atoms with Crippen LogP contribution in [-0.4, -0.2) is 58.2 Å². The van der Waals surface area contributed by atoms with Gasteiger partial charge >= 0.3 is 11.9 Å². The minimum atomic E-state index is -1.34. The normalized spacial score (nSPS) is 13.3. The van der Waals surface area contributed by atoms with Gasteiger partial charge in [-0.1, -0.05) is 25.4 Å². The second-order valence-electron chi connectivity index (χ2n) is 8.02. The van der Waals surface area contributed by atoms with Crippen molar-refractivity contribution in [2.24, 2.45) is 11.8 Å². The fraction of sp³-hybridized carbons (Fsp3) is 0.455. The van der Waals surface area contributed by atoms with E-state index in [1.54, 1.807) is 13.8 Å². The highest BCUT2D eigenvalue weighted by Crippen LogP contribution is 2.16. The van der Waals surface area contributed by atoms with E-state index in [1.165, 1.54) is 24.3 Å². The molecule has 0 saturated heterocycles. The Balaban J connectivity index is 3.03. The van der Waals surface area contributed by atoms with E-state index in [-0.39, 0.29) is 25.0 Å². The topological polar surface area (TPSA) is 179 Å². The van der Waals surface area contributed by atoms with Gasteiger partial charge in [0.1, 0.15) is 18.2 Å². The Labute approximate surface area is 201 Å². The third-order valence-electron chi connectivity index (χ3n) is 4.62. The third-order valence-corrected chi connectivity index (χ3v) is 4.87. The van der Waals surface area contributed by atoms with E-state index in [2.05, 4.69) is 16.0 Å². The van der Waals surface area contributed by atoms with Crippen molar-refractivity contribution in [3.8, 4) is 0 Å². The second-order valence-corrected chi connectivity index (χ2v) is 8.46. The first kappa shape index (κ1) is 28.6. The zero-order valence-corrected chi connectivity index (χ0v) is 19.5. The molecule has 0 radical (unpaired) electrons. The zero-order chi connectivity index (χ0) is 25.8. The molecule has 0 heterocycles. The van der Waals surface area contributed by atoms with Gasteiger partial charge in [-0.25, -0.2) is 0 Å². The average Bonchev–Trinajstić information content (AvgIpc) is 2.75. The summed E-state index contributed by atoms with van der Waals surface area (Å²) in [4.78, 5) is 71.4. The van der Waals surface area contributed by atoms with Gasteiger partial charge in [0.15, 0.2) is 0 Å². The predicted molar refractivity (Wildman–Crippen MR) is 122 cm³/mol. The first-order valence-electron chi connectivity index (χ1n) is 10.5. The number of carboxylic acid groups (broad SMARTS) is 2. The molecule has 12 heteroatoms. The summed E-state index contributed by atoms with van der Waals surface area (Å²) in [5.74, 6) is -6.40. The van der Waals surface area contributed by atoms with Crippen LogP contribution < -0.4 is 16.0 Å². The Morgan fingerprint density at radius 2 is 1.53 bits per heavy atom.